The smallest absolute Gasteiger partial charge is 0.243 e. The summed E-state index contributed by atoms with van der Waals surface area (Å²) in [5.41, 5.74) is 5.60. The summed E-state index contributed by atoms with van der Waals surface area (Å²) >= 11 is 0. The molecule has 0 unspecified atom stereocenters. The Morgan fingerprint density at radius 3 is 2.64 bits per heavy atom. The molecule has 0 atom stereocenters. The second-order valence-corrected chi connectivity index (χ2v) is 6.82. The molecule has 1 heterocycles. The van der Waals surface area contributed by atoms with Gasteiger partial charge in [-0.25, -0.2) is 8.42 Å². The van der Waals surface area contributed by atoms with Crippen LogP contribution in [0.3, 0.4) is 0 Å². The maximum Gasteiger partial charge on any atom is 0.243 e. The first kappa shape index (κ1) is 19.2. The number of nitrogens with zero attached hydrogens (tertiary/aromatic N) is 1. The number of hydrogen-bond donors (Lipinski definition) is 1. The molecule has 22 heavy (non-hydrogen) atoms. The number of nitrogens with two attached hydrogens (primary N) is 1. The van der Waals surface area contributed by atoms with Crippen LogP contribution in [0.1, 0.15) is 12.8 Å². The van der Waals surface area contributed by atoms with Gasteiger partial charge in [-0.2, -0.15) is 4.31 Å². The molecule has 1 aromatic rings. The zero-order valence-electron chi connectivity index (χ0n) is 12.6. The molecular formula is C14H23ClN2O4S. The van der Waals surface area contributed by atoms with Crippen LogP contribution in [0.5, 0.6) is 5.75 Å². The van der Waals surface area contributed by atoms with Gasteiger partial charge in [0.05, 0.1) is 12.0 Å². The lowest BCUT2D eigenvalue weighted by Crippen LogP contribution is -2.45. The van der Waals surface area contributed by atoms with Crippen LogP contribution in [0.4, 0.5) is 0 Å². The Labute approximate surface area is 138 Å². The van der Waals surface area contributed by atoms with Gasteiger partial charge in [0, 0.05) is 38.4 Å². The average molecular weight is 351 g/mol. The minimum Gasteiger partial charge on any atom is -0.497 e. The molecule has 0 bridgehead atoms. The van der Waals surface area contributed by atoms with Gasteiger partial charge in [0.15, 0.2) is 0 Å². The van der Waals surface area contributed by atoms with E-state index in [1.807, 2.05) is 0 Å². The minimum atomic E-state index is -3.58. The molecule has 1 saturated heterocycles. The van der Waals surface area contributed by atoms with Crippen LogP contribution in [-0.4, -0.2) is 52.2 Å². The Kier molecular flexibility index (Phi) is 7.58. The predicted molar refractivity (Wildman–Crippen MR) is 87.0 cm³/mol. The summed E-state index contributed by atoms with van der Waals surface area (Å²) in [4.78, 5) is 0.238. The third-order valence-electron chi connectivity index (χ3n) is 3.60. The number of sulfonamides is 1. The molecule has 1 aliphatic rings. The van der Waals surface area contributed by atoms with E-state index in [0.717, 1.165) is 0 Å². The van der Waals surface area contributed by atoms with Gasteiger partial charge in [-0.05, 0) is 25.0 Å². The van der Waals surface area contributed by atoms with E-state index >= 15 is 0 Å². The SMILES string of the molecule is COc1cccc(S(=O)(=O)N(CCN)C2CCOCC2)c1.Cl. The number of rotatable bonds is 6. The van der Waals surface area contributed by atoms with E-state index in [0.29, 0.717) is 44.9 Å². The van der Waals surface area contributed by atoms with E-state index < -0.39 is 10.0 Å². The van der Waals surface area contributed by atoms with Crippen LogP contribution in [0.15, 0.2) is 29.2 Å². The molecule has 1 fully saturated rings. The molecule has 0 aromatic heterocycles. The number of halogens is 1. The second kappa shape index (κ2) is 8.69. The van der Waals surface area contributed by atoms with Crippen LogP contribution >= 0.6 is 12.4 Å². The Bertz CT molecular complexity index is 562. The fourth-order valence-electron chi connectivity index (χ4n) is 2.50. The number of ether oxygens (including phenoxy) is 2. The van der Waals surface area contributed by atoms with Crippen LogP contribution < -0.4 is 10.5 Å². The van der Waals surface area contributed by atoms with Crippen molar-refractivity contribution < 1.29 is 17.9 Å². The summed E-state index contributed by atoms with van der Waals surface area (Å²) < 4.78 is 37.6. The summed E-state index contributed by atoms with van der Waals surface area (Å²) in [6, 6.07) is 6.47. The van der Waals surface area contributed by atoms with E-state index in [1.54, 1.807) is 18.2 Å². The van der Waals surface area contributed by atoms with Crippen LogP contribution in [-0.2, 0) is 14.8 Å². The van der Waals surface area contributed by atoms with Crippen molar-refractivity contribution in [2.24, 2.45) is 5.73 Å². The number of hydrogen-bond acceptors (Lipinski definition) is 5. The summed E-state index contributed by atoms with van der Waals surface area (Å²) in [6.45, 7) is 1.77. The van der Waals surface area contributed by atoms with Gasteiger partial charge < -0.3 is 15.2 Å². The highest BCUT2D eigenvalue weighted by Crippen LogP contribution is 2.25. The van der Waals surface area contributed by atoms with Crippen molar-refractivity contribution in [1.82, 2.24) is 4.31 Å². The summed E-state index contributed by atoms with van der Waals surface area (Å²) in [5, 5.41) is 0. The third-order valence-corrected chi connectivity index (χ3v) is 5.54. The second-order valence-electron chi connectivity index (χ2n) is 4.93. The first-order valence-corrected chi connectivity index (χ1v) is 8.47. The molecule has 2 rings (SSSR count). The number of methoxy groups -OCH3 is 1. The molecule has 0 aliphatic carbocycles. The highest BCUT2D eigenvalue weighted by molar-refractivity contribution is 7.89. The molecule has 1 aliphatic heterocycles. The molecule has 2 N–H and O–H groups in total. The van der Waals surface area contributed by atoms with Crippen molar-refractivity contribution >= 4 is 22.4 Å². The van der Waals surface area contributed by atoms with Crippen molar-refractivity contribution in [2.75, 3.05) is 33.4 Å². The van der Waals surface area contributed by atoms with Crippen molar-refractivity contribution in [3.05, 3.63) is 24.3 Å². The summed E-state index contributed by atoms with van der Waals surface area (Å²) in [6.07, 6.45) is 1.40. The first-order valence-electron chi connectivity index (χ1n) is 7.03. The Hall–Kier alpha value is -0.860. The molecular weight excluding hydrogens is 328 g/mol. The number of benzene rings is 1. The van der Waals surface area contributed by atoms with E-state index in [4.69, 9.17) is 15.2 Å². The lowest BCUT2D eigenvalue weighted by Gasteiger charge is -2.33. The zero-order valence-corrected chi connectivity index (χ0v) is 14.2. The zero-order chi connectivity index (χ0) is 15.3. The molecule has 6 nitrogen and oxygen atoms in total. The van der Waals surface area contributed by atoms with E-state index in [-0.39, 0.29) is 23.3 Å². The van der Waals surface area contributed by atoms with Gasteiger partial charge in [0.1, 0.15) is 5.75 Å². The molecule has 0 amide bonds. The Morgan fingerprint density at radius 1 is 1.36 bits per heavy atom. The van der Waals surface area contributed by atoms with Crippen molar-refractivity contribution in [1.29, 1.82) is 0 Å². The van der Waals surface area contributed by atoms with Gasteiger partial charge in [-0.15, -0.1) is 12.4 Å². The molecule has 0 saturated carbocycles. The van der Waals surface area contributed by atoms with Gasteiger partial charge in [0.2, 0.25) is 10.0 Å². The van der Waals surface area contributed by atoms with Crippen molar-refractivity contribution in [2.45, 2.75) is 23.8 Å². The molecule has 1 aromatic carbocycles. The normalized spacial score (nSPS) is 16.3. The fraction of sp³-hybridized carbons (Fsp3) is 0.571. The Balaban J connectivity index is 0.00000242. The van der Waals surface area contributed by atoms with E-state index in [2.05, 4.69) is 0 Å². The van der Waals surface area contributed by atoms with E-state index in [9.17, 15) is 8.42 Å². The standard InChI is InChI=1S/C14H22N2O4S.ClH/c1-19-13-3-2-4-14(11-13)21(17,18)16(8-7-15)12-5-9-20-10-6-12;/h2-4,11-12H,5-10,15H2,1H3;1H. The molecule has 8 heteroatoms. The highest BCUT2D eigenvalue weighted by atomic mass is 35.5. The lowest BCUT2D eigenvalue weighted by molar-refractivity contribution is 0.0590. The minimum absolute atomic E-state index is 0. The predicted octanol–water partition coefficient (Wildman–Crippen LogP) is 1.25. The van der Waals surface area contributed by atoms with Crippen LogP contribution in [0.25, 0.3) is 0 Å². The third kappa shape index (κ3) is 4.33. The van der Waals surface area contributed by atoms with Crippen molar-refractivity contribution in [3.8, 4) is 5.75 Å². The maximum atomic E-state index is 12.9. The molecule has 0 spiro atoms. The Morgan fingerprint density at radius 2 is 2.05 bits per heavy atom. The average Bonchev–Trinajstić information content (AvgIpc) is 2.53. The fourth-order valence-corrected chi connectivity index (χ4v) is 4.23. The molecule has 0 radical (unpaired) electrons. The quantitative estimate of drug-likeness (QED) is 0.834. The summed E-state index contributed by atoms with van der Waals surface area (Å²) in [7, 11) is -2.06. The summed E-state index contributed by atoms with van der Waals surface area (Å²) in [5.74, 6) is 0.524. The molecule has 126 valence electrons. The van der Waals surface area contributed by atoms with Crippen LogP contribution in [0, 0.1) is 0 Å². The monoisotopic (exact) mass is 350 g/mol. The van der Waals surface area contributed by atoms with E-state index in [1.165, 1.54) is 17.5 Å². The van der Waals surface area contributed by atoms with Crippen LogP contribution in [0.2, 0.25) is 0 Å². The van der Waals surface area contributed by atoms with Gasteiger partial charge in [-0.1, -0.05) is 6.07 Å². The van der Waals surface area contributed by atoms with Gasteiger partial charge in [0.25, 0.3) is 0 Å². The highest BCUT2D eigenvalue weighted by Gasteiger charge is 2.32. The first-order chi connectivity index (χ1) is 10.1. The van der Waals surface area contributed by atoms with Crippen molar-refractivity contribution in [3.63, 3.8) is 0 Å². The topological polar surface area (TPSA) is 81.9 Å². The lowest BCUT2D eigenvalue weighted by atomic mass is 10.1. The van der Waals surface area contributed by atoms with Gasteiger partial charge in [-0.3, -0.25) is 0 Å². The maximum absolute atomic E-state index is 12.9. The van der Waals surface area contributed by atoms with Gasteiger partial charge >= 0.3 is 0 Å². The largest absolute Gasteiger partial charge is 0.497 e.